The first kappa shape index (κ1) is 17.6. The van der Waals surface area contributed by atoms with E-state index in [9.17, 15) is 4.79 Å². The molecule has 2 aliphatic rings. The van der Waals surface area contributed by atoms with Crippen molar-refractivity contribution >= 4 is 11.9 Å². The largest absolute Gasteiger partial charge is 0.459 e. The third-order valence-electron chi connectivity index (χ3n) is 4.81. The van der Waals surface area contributed by atoms with Gasteiger partial charge in [0.15, 0.2) is 11.7 Å². The van der Waals surface area contributed by atoms with Gasteiger partial charge in [-0.15, -0.1) is 0 Å². The molecule has 3 rings (SSSR count). The monoisotopic (exact) mass is 344 g/mol. The Hall–Kier alpha value is -2.24. The molecule has 1 amide bonds. The number of allylic oxidation sites excluding steroid dienone is 2. The van der Waals surface area contributed by atoms with Crippen LogP contribution in [0, 0.1) is 5.92 Å². The molecule has 0 spiro atoms. The van der Waals surface area contributed by atoms with E-state index in [4.69, 9.17) is 9.41 Å². The van der Waals surface area contributed by atoms with Gasteiger partial charge in [0.2, 0.25) is 0 Å². The lowest BCUT2D eigenvalue weighted by Crippen LogP contribution is -2.53. The minimum absolute atomic E-state index is 0.0272. The van der Waals surface area contributed by atoms with Crippen LogP contribution >= 0.6 is 0 Å². The molecule has 6 nitrogen and oxygen atoms in total. The molecular weight excluding hydrogens is 316 g/mol. The minimum Gasteiger partial charge on any atom is -0.459 e. The lowest BCUT2D eigenvalue weighted by atomic mass is 9.95. The Morgan fingerprint density at radius 2 is 2.08 bits per heavy atom. The number of carbonyl (C=O) groups is 1. The number of rotatable bonds is 4. The van der Waals surface area contributed by atoms with Crippen molar-refractivity contribution in [3.05, 3.63) is 36.3 Å². The fraction of sp³-hybridized carbons (Fsp3) is 0.579. The van der Waals surface area contributed by atoms with Crippen LogP contribution in [0.15, 0.2) is 40.0 Å². The van der Waals surface area contributed by atoms with Gasteiger partial charge in [0.05, 0.1) is 6.26 Å². The van der Waals surface area contributed by atoms with E-state index in [0.29, 0.717) is 24.8 Å². The van der Waals surface area contributed by atoms with E-state index >= 15 is 0 Å². The predicted molar refractivity (Wildman–Crippen MR) is 98.6 cm³/mol. The van der Waals surface area contributed by atoms with Gasteiger partial charge in [0.1, 0.15) is 0 Å². The number of hydrogen-bond donors (Lipinski definition) is 1. The third-order valence-corrected chi connectivity index (χ3v) is 4.81. The van der Waals surface area contributed by atoms with Crippen LogP contribution in [0.3, 0.4) is 0 Å². The summed E-state index contributed by atoms with van der Waals surface area (Å²) in [4.78, 5) is 21.3. The highest BCUT2D eigenvalue weighted by atomic mass is 16.3. The smallest absolute Gasteiger partial charge is 0.289 e. The number of amides is 1. The Balaban J connectivity index is 1.54. The molecule has 1 fully saturated rings. The zero-order chi connectivity index (χ0) is 17.5. The predicted octanol–water partition coefficient (Wildman–Crippen LogP) is 2.36. The van der Waals surface area contributed by atoms with Gasteiger partial charge in [0, 0.05) is 39.3 Å². The molecule has 2 heterocycles. The lowest BCUT2D eigenvalue weighted by molar-refractivity contribution is 0.0657. The lowest BCUT2D eigenvalue weighted by Gasteiger charge is -2.36. The second-order valence-electron chi connectivity index (χ2n) is 6.60. The first-order valence-corrected chi connectivity index (χ1v) is 9.29. The Morgan fingerprint density at radius 3 is 2.72 bits per heavy atom. The molecule has 0 radical (unpaired) electrons. The van der Waals surface area contributed by atoms with Crippen LogP contribution in [0.5, 0.6) is 0 Å². The third kappa shape index (κ3) is 4.65. The van der Waals surface area contributed by atoms with Gasteiger partial charge in [-0.1, -0.05) is 12.2 Å². The molecule has 1 aromatic heterocycles. The van der Waals surface area contributed by atoms with Gasteiger partial charge < -0.3 is 19.5 Å². The van der Waals surface area contributed by atoms with Crippen molar-refractivity contribution in [1.29, 1.82) is 0 Å². The average molecular weight is 344 g/mol. The topological polar surface area (TPSA) is 61.1 Å². The van der Waals surface area contributed by atoms with Crippen molar-refractivity contribution in [2.75, 3.05) is 39.3 Å². The number of nitrogens with one attached hydrogen (secondary N) is 1. The summed E-state index contributed by atoms with van der Waals surface area (Å²) in [5.74, 6) is 2.02. The van der Waals surface area contributed by atoms with E-state index < -0.39 is 0 Å². The van der Waals surface area contributed by atoms with Crippen molar-refractivity contribution in [3.63, 3.8) is 0 Å². The number of furan rings is 1. The summed E-state index contributed by atoms with van der Waals surface area (Å²) in [5, 5.41) is 3.40. The van der Waals surface area contributed by atoms with E-state index in [0.717, 1.165) is 38.6 Å². The Morgan fingerprint density at radius 1 is 1.28 bits per heavy atom. The first-order valence-electron chi connectivity index (χ1n) is 9.29. The van der Waals surface area contributed by atoms with E-state index in [1.807, 2.05) is 4.90 Å². The summed E-state index contributed by atoms with van der Waals surface area (Å²) < 4.78 is 5.22. The summed E-state index contributed by atoms with van der Waals surface area (Å²) in [6, 6.07) is 3.47. The molecule has 1 aromatic rings. The number of nitrogens with zero attached hydrogens (tertiary/aromatic N) is 3. The van der Waals surface area contributed by atoms with E-state index in [2.05, 4.69) is 29.3 Å². The van der Waals surface area contributed by atoms with Crippen molar-refractivity contribution in [2.45, 2.75) is 26.2 Å². The van der Waals surface area contributed by atoms with Crippen molar-refractivity contribution in [3.8, 4) is 0 Å². The molecule has 1 atom stereocenters. The Labute approximate surface area is 149 Å². The fourth-order valence-corrected chi connectivity index (χ4v) is 3.34. The molecular formula is C19H28N4O2. The SMILES string of the molecule is CCNC(=NCC1CC=CCC1)N1CCN(C(=O)c2ccco2)CC1. The number of hydrogen-bond acceptors (Lipinski definition) is 3. The molecule has 0 aromatic carbocycles. The van der Waals surface area contributed by atoms with Crippen LogP contribution in [0.25, 0.3) is 0 Å². The molecule has 6 heteroatoms. The Kier molecular flexibility index (Phi) is 6.14. The van der Waals surface area contributed by atoms with Crippen molar-refractivity contribution in [2.24, 2.45) is 10.9 Å². The molecule has 1 saturated heterocycles. The summed E-state index contributed by atoms with van der Waals surface area (Å²) in [6.07, 6.45) is 9.61. The van der Waals surface area contributed by atoms with Gasteiger partial charge in [-0.2, -0.15) is 0 Å². The quantitative estimate of drug-likeness (QED) is 0.517. The van der Waals surface area contributed by atoms with Crippen LogP contribution in [0.4, 0.5) is 0 Å². The highest BCUT2D eigenvalue weighted by Gasteiger charge is 2.25. The van der Waals surface area contributed by atoms with Crippen molar-refractivity contribution < 1.29 is 9.21 Å². The zero-order valence-corrected chi connectivity index (χ0v) is 15.0. The maximum absolute atomic E-state index is 12.4. The molecule has 25 heavy (non-hydrogen) atoms. The molecule has 1 aliphatic carbocycles. The minimum atomic E-state index is -0.0272. The molecule has 0 saturated carbocycles. The van der Waals surface area contributed by atoms with Crippen LogP contribution in [-0.2, 0) is 0 Å². The summed E-state index contributed by atoms with van der Waals surface area (Å²) in [6.45, 7) is 6.79. The highest BCUT2D eigenvalue weighted by molar-refractivity contribution is 5.91. The standard InChI is InChI=1S/C19H28N4O2/c1-2-20-19(21-15-16-7-4-3-5-8-16)23-12-10-22(11-13-23)18(24)17-9-6-14-25-17/h3-4,6,9,14,16H,2,5,7-8,10-13,15H2,1H3,(H,20,21). The summed E-state index contributed by atoms with van der Waals surface area (Å²) in [5.41, 5.74) is 0. The average Bonchev–Trinajstić information content (AvgIpc) is 3.20. The maximum atomic E-state index is 12.4. The van der Waals surface area contributed by atoms with E-state index in [1.165, 1.54) is 12.8 Å². The van der Waals surface area contributed by atoms with Crippen LogP contribution < -0.4 is 5.32 Å². The van der Waals surface area contributed by atoms with Gasteiger partial charge in [0.25, 0.3) is 5.91 Å². The summed E-state index contributed by atoms with van der Waals surface area (Å²) >= 11 is 0. The fourth-order valence-electron chi connectivity index (χ4n) is 3.34. The van der Waals surface area contributed by atoms with Gasteiger partial charge in [-0.3, -0.25) is 9.79 Å². The molecule has 1 unspecified atom stereocenters. The van der Waals surface area contributed by atoms with Crippen molar-refractivity contribution in [1.82, 2.24) is 15.1 Å². The number of piperazine rings is 1. The zero-order valence-electron chi connectivity index (χ0n) is 15.0. The van der Waals surface area contributed by atoms with E-state index in [-0.39, 0.29) is 5.91 Å². The summed E-state index contributed by atoms with van der Waals surface area (Å²) in [7, 11) is 0. The van der Waals surface area contributed by atoms with Gasteiger partial charge in [-0.25, -0.2) is 0 Å². The highest BCUT2D eigenvalue weighted by Crippen LogP contribution is 2.18. The first-order chi connectivity index (χ1) is 12.3. The number of guanidine groups is 1. The molecule has 0 bridgehead atoms. The van der Waals surface area contributed by atoms with Crippen LogP contribution in [0.1, 0.15) is 36.7 Å². The molecule has 136 valence electrons. The Bertz CT molecular complexity index is 601. The van der Waals surface area contributed by atoms with Crippen LogP contribution in [-0.4, -0.2) is 60.9 Å². The van der Waals surface area contributed by atoms with Gasteiger partial charge >= 0.3 is 0 Å². The normalized spacial score (nSPS) is 21.5. The second-order valence-corrected chi connectivity index (χ2v) is 6.60. The number of aliphatic imine (C=N–C) groups is 1. The number of carbonyl (C=O) groups excluding carboxylic acids is 1. The second kappa shape index (κ2) is 8.74. The van der Waals surface area contributed by atoms with E-state index in [1.54, 1.807) is 18.4 Å². The molecule has 1 aliphatic heterocycles. The molecule has 1 N–H and O–H groups in total. The van der Waals surface area contributed by atoms with Gasteiger partial charge in [-0.05, 0) is 44.2 Å². The van der Waals surface area contributed by atoms with Crippen LogP contribution in [0.2, 0.25) is 0 Å². The maximum Gasteiger partial charge on any atom is 0.289 e.